The SMILES string of the molecule is C#CC(C)(C)c1ccc(C)c(C(=O)O)c1. The van der Waals surface area contributed by atoms with Crippen molar-refractivity contribution in [2.24, 2.45) is 0 Å². The number of carboxylic acid groups (broad SMARTS) is 1. The second-order valence-corrected chi connectivity index (χ2v) is 4.10. The highest BCUT2D eigenvalue weighted by molar-refractivity contribution is 5.89. The Balaban J connectivity index is 3.33. The van der Waals surface area contributed by atoms with Crippen molar-refractivity contribution >= 4 is 5.97 Å². The molecule has 0 spiro atoms. The number of rotatable bonds is 2. The van der Waals surface area contributed by atoms with Crippen molar-refractivity contribution in [3.63, 3.8) is 0 Å². The lowest BCUT2D eigenvalue weighted by Gasteiger charge is -2.18. The smallest absolute Gasteiger partial charge is 0.335 e. The molecule has 1 aromatic carbocycles. The Kier molecular flexibility index (Phi) is 2.85. The molecule has 0 atom stereocenters. The molecule has 0 aromatic heterocycles. The quantitative estimate of drug-likeness (QED) is 0.748. The van der Waals surface area contributed by atoms with E-state index in [1.807, 2.05) is 19.9 Å². The Morgan fingerprint density at radius 1 is 1.47 bits per heavy atom. The van der Waals surface area contributed by atoms with Gasteiger partial charge in [0.15, 0.2) is 0 Å². The summed E-state index contributed by atoms with van der Waals surface area (Å²) in [7, 11) is 0. The Morgan fingerprint density at radius 2 is 2.07 bits per heavy atom. The van der Waals surface area contributed by atoms with Gasteiger partial charge in [-0.05, 0) is 38.0 Å². The van der Waals surface area contributed by atoms with E-state index >= 15 is 0 Å². The molecular weight excluding hydrogens is 188 g/mol. The largest absolute Gasteiger partial charge is 0.478 e. The Labute approximate surface area is 89.9 Å². The van der Waals surface area contributed by atoms with Crippen LogP contribution in [0.2, 0.25) is 0 Å². The average molecular weight is 202 g/mol. The molecule has 1 aromatic rings. The topological polar surface area (TPSA) is 37.3 Å². The number of benzene rings is 1. The standard InChI is InChI=1S/C13H14O2/c1-5-13(3,4)10-7-6-9(2)11(8-10)12(14)15/h1,6-8H,2-4H3,(H,14,15). The minimum atomic E-state index is -0.915. The highest BCUT2D eigenvalue weighted by atomic mass is 16.4. The molecule has 0 saturated heterocycles. The van der Waals surface area contributed by atoms with Crippen LogP contribution in [-0.2, 0) is 5.41 Å². The van der Waals surface area contributed by atoms with Crippen molar-refractivity contribution in [3.05, 3.63) is 34.9 Å². The van der Waals surface area contributed by atoms with Gasteiger partial charge in [0.05, 0.1) is 11.0 Å². The lowest BCUT2D eigenvalue weighted by Crippen LogP contribution is -2.15. The summed E-state index contributed by atoms with van der Waals surface area (Å²) >= 11 is 0. The van der Waals surface area contributed by atoms with E-state index in [0.29, 0.717) is 5.56 Å². The lowest BCUT2D eigenvalue weighted by molar-refractivity contribution is 0.0696. The fraction of sp³-hybridized carbons (Fsp3) is 0.308. The zero-order valence-corrected chi connectivity index (χ0v) is 9.16. The molecule has 2 nitrogen and oxygen atoms in total. The van der Waals surface area contributed by atoms with E-state index in [9.17, 15) is 4.79 Å². The Bertz CT molecular complexity index is 436. The average Bonchev–Trinajstić information content (AvgIpc) is 2.17. The van der Waals surface area contributed by atoms with Gasteiger partial charge in [0.1, 0.15) is 0 Å². The molecule has 0 amide bonds. The van der Waals surface area contributed by atoms with Gasteiger partial charge >= 0.3 is 5.97 Å². The number of carbonyl (C=O) groups is 1. The van der Waals surface area contributed by atoms with Crippen molar-refractivity contribution in [1.29, 1.82) is 0 Å². The van der Waals surface area contributed by atoms with Gasteiger partial charge in [0, 0.05) is 0 Å². The highest BCUT2D eigenvalue weighted by Gasteiger charge is 2.19. The second kappa shape index (κ2) is 3.78. The molecule has 0 fully saturated rings. The van der Waals surface area contributed by atoms with Crippen molar-refractivity contribution < 1.29 is 9.90 Å². The van der Waals surface area contributed by atoms with Crippen LogP contribution in [0.15, 0.2) is 18.2 Å². The number of hydrogen-bond acceptors (Lipinski definition) is 1. The number of terminal acetylenes is 1. The predicted molar refractivity (Wildman–Crippen MR) is 60.0 cm³/mol. The molecule has 0 aliphatic rings. The van der Waals surface area contributed by atoms with Crippen molar-refractivity contribution in [2.45, 2.75) is 26.2 Å². The predicted octanol–water partition coefficient (Wildman–Crippen LogP) is 2.60. The normalized spacial score (nSPS) is 10.8. The molecule has 0 aliphatic heterocycles. The fourth-order valence-electron chi connectivity index (χ4n) is 1.32. The molecule has 15 heavy (non-hydrogen) atoms. The maximum Gasteiger partial charge on any atom is 0.335 e. The van der Waals surface area contributed by atoms with Crippen LogP contribution in [0.1, 0.15) is 35.3 Å². The first-order valence-corrected chi connectivity index (χ1v) is 4.70. The molecular formula is C13H14O2. The van der Waals surface area contributed by atoms with E-state index in [2.05, 4.69) is 5.92 Å². The van der Waals surface area contributed by atoms with Crippen molar-refractivity contribution in [3.8, 4) is 12.3 Å². The summed E-state index contributed by atoms with van der Waals surface area (Å²) in [4.78, 5) is 10.9. The molecule has 1 N–H and O–H groups in total. The number of aryl methyl sites for hydroxylation is 1. The molecule has 0 saturated carbocycles. The molecule has 0 aliphatic carbocycles. The first kappa shape index (κ1) is 11.3. The summed E-state index contributed by atoms with van der Waals surface area (Å²) in [5, 5.41) is 8.98. The van der Waals surface area contributed by atoms with E-state index in [4.69, 9.17) is 11.5 Å². The Hall–Kier alpha value is -1.75. The fourth-order valence-corrected chi connectivity index (χ4v) is 1.32. The number of hydrogen-bond donors (Lipinski definition) is 1. The molecule has 78 valence electrons. The third-order valence-corrected chi connectivity index (χ3v) is 2.55. The van der Waals surface area contributed by atoms with E-state index in [0.717, 1.165) is 11.1 Å². The van der Waals surface area contributed by atoms with Gasteiger partial charge in [0.2, 0.25) is 0 Å². The van der Waals surface area contributed by atoms with Crippen LogP contribution in [0.3, 0.4) is 0 Å². The Morgan fingerprint density at radius 3 is 2.53 bits per heavy atom. The van der Waals surface area contributed by atoms with E-state index in [1.54, 1.807) is 19.1 Å². The van der Waals surface area contributed by atoms with E-state index < -0.39 is 11.4 Å². The third-order valence-electron chi connectivity index (χ3n) is 2.55. The minimum absolute atomic E-state index is 0.316. The van der Waals surface area contributed by atoms with Crippen LogP contribution in [-0.4, -0.2) is 11.1 Å². The first-order chi connectivity index (χ1) is 6.88. The number of carboxylic acids is 1. The zero-order chi connectivity index (χ0) is 11.6. The van der Waals surface area contributed by atoms with Gasteiger partial charge in [-0.2, -0.15) is 0 Å². The van der Waals surface area contributed by atoms with Crippen LogP contribution in [0, 0.1) is 19.3 Å². The second-order valence-electron chi connectivity index (χ2n) is 4.10. The summed E-state index contributed by atoms with van der Waals surface area (Å²) < 4.78 is 0. The monoisotopic (exact) mass is 202 g/mol. The summed E-state index contributed by atoms with van der Waals surface area (Å²) in [5.74, 6) is 1.74. The van der Waals surface area contributed by atoms with Gasteiger partial charge in [-0.3, -0.25) is 0 Å². The molecule has 0 radical (unpaired) electrons. The van der Waals surface area contributed by atoms with Crippen molar-refractivity contribution in [2.75, 3.05) is 0 Å². The van der Waals surface area contributed by atoms with Gasteiger partial charge in [0.25, 0.3) is 0 Å². The number of aromatic carboxylic acids is 1. The van der Waals surface area contributed by atoms with Gasteiger partial charge in [-0.15, -0.1) is 6.42 Å². The van der Waals surface area contributed by atoms with Gasteiger partial charge in [-0.1, -0.05) is 18.1 Å². The highest BCUT2D eigenvalue weighted by Crippen LogP contribution is 2.24. The summed E-state index contributed by atoms with van der Waals surface area (Å²) in [6, 6.07) is 5.32. The molecule has 0 bridgehead atoms. The van der Waals surface area contributed by atoms with Crippen LogP contribution < -0.4 is 0 Å². The molecule has 0 unspecified atom stereocenters. The van der Waals surface area contributed by atoms with Crippen LogP contribution in [0.25, 0.3) is 0 Å². The van der Waals surface area contributed by atoms with E-state index in [1.165, 1.54) is 0 Å². The third kappa shape index (κ3) is 2.19. The molecule has 2 heteroatoms. The summed E-state index contributed by atoms with van der Waals surface area (Å²) in [6.07, 6.45) is 5.41. The molecule has 0 heterocycles. The van der Waals surface area contributed by atoms with Crippen LogP contribution in [0.4, 0.5) is 0 Å². The lowest BCUT2D eigenvalue weighted by atomic mass is 9.84. The van der Waals surface area contributed by atoms with Gasteiger partial charge < -0.3 is 5.11 Å². The molecule has 1 rings (SSSR count). The minimum Gasteiger partial charge on any atom is -0.478 e. The maximum atomic E-state index is 10.9. The summed E-state index contributed by atoms with van der Waals surface area (Å²) in [5.41, 5.74) is 1.49. The zero-order valence-electron chi connectivity index (χ0n) is 9.16. The maximum absolute atomic E-state index is 10.9. The van der Waals surface area contributed by atoms with Crippen LogP contribution >= 0.6 is 0 Å². The van der Waals surface area contributed by atoms with Crippen molar-refractivity contribution in [1.82, 2.24) is 0 Å². The van der Waals surface area contributed by atoms with Crippen LogP contribution in [0.5, 0.6) is 0 Å². The van der Waals surface area contributed by atoms with E-state index in [-0.39, 0.29) is 0 Å². The summed E-state index contributed by atoms with van der Waals surface area (Å²) in [6.45, 7) is 5.56. The first-order valence-electron chi connectivity index (χ1n) is 4.70. The van der Waals surface area contributed by atoms with Gasteiger partial charge in [-0.25, -0.2) is 4.79 Å².